The Labute approximate surface area is 175 Å². The maximum atomic E-state index is 12.2. The van der Waals surface area contributed by atoms with Crippen LogP contribution in [0.15, 0.2) is 35.3 Å². The number of guanidine groups is 1. The van der Waals surface area contributed by atoms with E-state index >= 15 is 0 Å². The molecule has 2 N–H and O–H groups in total. The molecular weight excluding hydrogens is 364 g/mol. The molecule has 0 unspecified atom stereocenters. The maximum absolute atomic E-state index is 12.2. The van der Waals surface area contributed by atoms with E-state index in [0.29, 0.717) is 5.92 Å². The van der Waals surface area contributed by atoms with Crippen molar-refractivity contribution in [3.8, 4) is 0 Å². The number of aliphatic imine (C=N–C) groups is 1. The molecule has 2 aliphatic rings. The van der Waals surface area contributed by atoms with Crippen molar-refractivity contribution in [2.45, 2.75) is 57.5 Å². The predicted octanol–water partition coefficient (Wildman–Crippen LogP) is 3.53. The lowest BCUT2D eigenvalue weighted by molar-refractivity contribution is 0.0185. The Kier molecular flexibility index (Phi) is 6.70. The zero-order chi connectivity index (χ0) is 20.9. The van der Waals surface area contributed by atoms with Crippen LogP contribution >= 0.6 is 0 Å². The average Bonchev–Trinajstić information content (AvgIpc) is 3.49. The summed E-state index contributed by atoms with van der Waals surface area (Å²) in [5.41, 5.74) is 1.24. The molecule has 0 atom stereocenters. The van der Waals surface area contributed by atoms with E-state index in [4.69, 9.17) is 4.74 Å². The maximum Gasteiger partial charge on any atom is 0.410 e. The molecule has 1 saturated carbocycles. The van der Waals surface area contributed by atoms with Crippen LogP contribution in [-0.2, 0) is 10.2 Å². The van der Waals surface area contributed by atoms with Gasteiger partial charge in [-0.15, -0.1) is 0 Å². The minimum atomic E-state index is -0.438. The van der Waals surface area contributed by atoms with Gasteiger partial charge in [0.25, 0.3) is 0 Å². The highest BCUT2D eigenvalue weighted by atomic mass is 16.6. The molecule has 0 radical (unpaired) electrons. The first kappa shape index (κ1) is 21.5. The van der Waals surface area contributed by atoms with Crippen LogP contribution in [-0.4, -0.2) is 55.8 Å². The summed E-state index contributed by atoms with van der Waals surface area (Å²) in [6.45, 7) is 9.01. The third kappa shape index (κ3) is 6.12. The monoisotopic (exact) mass is 400 g/mol. The van der Waals surface area contributed by atoms with Gasteiger partial charge in [0.2, 0.25) is 0 Å². The van der Waals surface area contributed by atoms with Crippen LogP contribution in [0, 0.1) is 5.92 Å². The van der Waals surface area contributed by atoms with Gasteiger partial charge in [0, 0.05) is 38.6 Å². The summed E-state index contributed by atoms with van der Waals surface area (Å²) in [5.74, 6) is 1.40. The smallest absolute Gasteiger partial charge is 0.410 e. The Hall–Kier alpha value is -2.24. The van der Waals surface area contributed by atoms with Crippen molar-refractivity contribution >= 4 is 12.1 Å². The fourth-order valence-electron chi connectivity index (χ4n) is 3.87. The van der Waals surface area contributed by atoms with E-state index in [-0.39, 0.29) is 11.5 Å². The first-order valence-corrected chi connectivity index (χ1v) is 10.8. The molecule has 1 amide bonds. The van der Waals surface area contributed by atoms with Crippen LogP contribution in [0.2, 0.25) is 0 Å². The summed E-state index contributed by atoms with van der Waals surface area (Å²) in [4.78, 5) is 18.4. The Morgan fingerprint density at radius 2 is 1.83 bits per heavy atom. The van der Waals surface area contributed by atoms with Crippen molar-refractivity contribution in [3.63, 3.8) is 0 Å². The van der Waals surface area contributed by atoms with Crippen molar-refractivity contribution in [1.82, 2.24) is 15.5 Å². The molecule has 29 heavy (non-hydrogen) atoms. The van der Waals surface area contributed by atoms with E-state index in [1.165, 1.54) is 18.4 Å². The van der Waals surface area contributed by atoms with Gasteiger partial charge in [-0.3, -0.25) is 4.99 Å². The van der Waals surface area contributed by atoms with Gasteiger partial charge in [-0.25, -0.2) is 4.79 Å². The van der Waals surface area contributed by atoms with Crippen LogP contribution in [0.3, 0.4) is 0 Å². The second-order valence-electron chi connectivity index (χ2n) is 9.36. The Balaban J connectivity index is 1.39. The normalized spacial score (nSPS) is 19.6. The summed E-state index contributed by atoms with van der Waals surface area (Å²) in [7, 11) is 1.82. The highest BCUT2D eigenvalue weighted by Gasteiger charge is 2.44. The number of rotatable bonds is 5. The molecular formula is C23H36N4O2. The van der Waals surface area contributed by atoms with E-state index in [0.717, 1.165) is 45.0 Å². The van der Waals surface area contributed by atoms with Crippen LogP contribution < -0.4 is 10.6 Å². The van der Waals surface area contributed by atoms with Gasteiger partial charge in [0.05, 0.1) is 0 Å². The van der Waals surface area contributed by atoms with E-state index in [2.05, 4.69) is 46.0 Å². The summed E-state index contributed by atoms with van der Waals surface area (Å²) in [6.07, 6.45) is 4.22. The topological polar surface area (TPSA) is 66.0 Å². The van der Waals surface area contributed by atoms with Crippen molar-refractivity contribution in [2.75, 3.05) is 33.2 Å². The molecule has 0 aromatic heterocycles. The SMILES string of the molecule is CN=C(NCC1CCN(C(=O)OC(C)(C)C)CC1)NCC1(c2ccccc2)CC1. The number of benzene rings is 1. The standard InChI is InChI=1S/C23H36N4O2/c1-22(2,3)29-21(28)27-14-10-18(11-15-27)16-25-20(24-4)26-17-23(12-13-23)19-8-6-5-7-9-19/h5-9,18H,10-17H2,1-4H3,(H2,24,25,26). The van der Waals surface area contributed by atoms with Gasteiger partial charge in [-0.2, -0.15) is 0 Å². The van der Waals surface area contributed by atoms with Crippen molar-refractivity contribution in [1.29, 1.82) is 0 Å². The lowest BCUT2D eigenvalue weighted by Crippen LogP contribution is -2.46. The predicted molar refractivity (Wildman–Crippen MR) is 117 cm³/mol. The van der Waals surface area contributed by atoms with Crippen molar-refractivity contribution in [3.05, 3.63) is 35.9 Å². The minimum absolute atomic E-state index is 0.197. The molecule has 2 fully saturated rings. The first-order valence-electron chi connectivity index (χ1n) is 10.8. The van der Waals surface area contributed by atoms with Gasteiger partial charge in [0.15, 0.2) is 5.96 Å². The molecule has 3 rings (SSSR count). The van der Waals surface area contributed by atoms with Gasteiger partial charge in [-0.05, 0) is 57.9 Å². The number of carbonyl (C=O) groups excluding carboxylic acids is 1. The lowest BCUT2D eigenvalue weighted by atomic mass is 9.96. The van der Waals surface area contributed by atoms with E-state index in [1.807, 2.05) is 32.7 Å². The van der Waals surface area contributed by atoms with E-state index in [9.17, 15) is 4.79 Å². The number of carbonyl (C=O) groups is 1. The number of amides is 1. The summed E-state index contributed by atoms with van der Waals surface area (Å²) in [6, 6.07) is 10.8. The molecule has 1 aliphatic heterocycles. The summed E-state index contributed by atoms with van der Waals surface area (Å²) >= 11 is 0. The van der Waals surface area contributed by atoms with Crippen molar-refractivity contribution < 1.29 is 9.53 Å². The second-order valence-corrected chi connectivity index (χ2v) is 9.36. The molecule has 1 aromatic rings. The molecule has 0 bridgehead atoms. The quantitative estimate of drug-likeness (QED) is 0.586. The molecule has 1 saturated heterocycles. The third-order valence-electron chi connectivity index (χ3n) is 5.88. The van der Waals surface area contributed by atoms with Gasteiger partial charge < -0.3 is 20.3 Å². The van der Waals surface area contributed by atoms with Gasteiger partial charge in [-0.1, -0.05) is 30.3 Å². The largest absolute Gasteiger partial charge is 0.444 e. The number of hydrogen-bond donors (Lipinski definition) is 2. The third-order valence-corrected chi connectivity index (χ3v) is 5.88. The average molecular weight is 401 g/mol. The number of nitrogens with zero attached hydrogens (tertiary/aromatic N) is 2. The van der Waals surface area contributed by atoms with Crippen LogP contribution in [0.25, 0.3) is 0 Å². The number of hydrogen-bond acceptors (Lipinski definition) is 3. The molecule has 0 spiro atoms. The summed E-state index contributed by atoms with van der Waals surface area (Å²) in [5, 5.41) is 6.99. The molecule has 1 aromatic carbocycles. The van der Waals surface area contributed by atoms with Crippen LogP contribution in [0.1, 0.15) is 52.0 Å². The van der Waals surface area contributed by atoms with Crippen molar-refractivity contribution in [2.24, 2.45) is 10.9 Å². The lowest BCUT2D eigenvalue weighted by Gasteiger charge is -2.33. The Morgan fingerprint density at radius 1 is 1.17 bits per heavy atom. The first-order chi connectivity index (χ1) is 13.8. The number of nitrogens with one attached hydrogen (secondary N) is 2. The fraction of sp³-hybridized carbons (Fsp3) is 0.652. The molecule has 6 nitrogen and oxygen atoms in total. The molecule has 1 heterocycles. The molecule has 160 valence electrons. The van der Waals surface area contributed by atoms with E-state index in [1.54, 1.807) is 0 Å². The van der Waals surface area contributed by atoms with Gasteiger partial charge >= 0.3 is 6.09 Å². The zero-order valence-electron chi connectivity index (χ0n) is 18.3. The van der Waals surface area contributed by atoms with Gasteiger partial charge in [0.1, 0.15) is 5.60 Å². The number of likely N-dealkylation sites (tertiary alicyclic amines) is 1. The number of ether oxygens (including phenoxy) is 1. The fourth-order valence-corrected chi connectivity index (χ4v) is 3.87. The molecule has 1 aliphatic carbocycles. The highest BCUT2D eigenvalue weighted by Crippen LogP contribution is 2.47. The molecule has 6 heteroatoms. The zero-order valence-corrected chi connectivity index (χ0v) is 18.3. The van der Waals surface area contributed by atoms with Crippen LogP contribution in [0.4, 0.5) is 4.79 Å². The highest BCUT2D eigenvalue weighted by molar-refractivity contribution is 5.79. The Morgan fingerprint density at radius 3 is 2.38 bits per heavy atom. The number of piperidine rings is 1. The minimum Gasteiger partial charge on any atom is -0.444 e. The Bertz CT molecular complexity index is 699. The summed E-state index contributed by atoms with van der Waals surface area (Å²) < 4.78 is 5.48. The van der Waals surface area contributed by atoms with Crippen LogP contribution in [0.5, 0.6) is 0 Å². The van der Waals surface area contributed by atoms with E-state index < -0.39 is 5.60 Å². The second kappa shape index (κ2) is 9.06.